The molecule has 3 atom stereocenters. The number of hydrogen-bond acceptors (Lipinski definition) is 6. The third kappa shape index (κ3) is 3.22. The molecule has 26 heavy (non-hydrogen) atoms. The van der Waals surface area contributed by atoms with Gasteiger partial charge in [0.15, 0.2) is 0 Å². The summed E-state index contributed by atoms with van der Waals surface area (Å²) in [5.41, 5.74) is -0.0412. The molecule has 0 radical (unpaired) electrons. The van der Waals surface area contributed by atoms with E-state index in [2.05, 4.69) is 10.3 Å². The number of nitrogens with zero attached hydrogens (tertiary/aromatic N) is 2. The van der Waals surface area contributed by atoms with Gasteiger partial charge in [-0.15, -0.1) is 0 Å². The summed E-state index contributed by atoms with van der Waals surface area (Å²) in [5, 5.41) is 3.35. The zero-order chi connectivity index (χ0) is 18.7. The lowest BCUT2D eigenvalue weighted by Gasteiger charge is -2.27. The fourth-order valence-corrected chi connectivity index (χ4v) is 3.72. The Kier molecular flexibility index (Phi) is 5.08. The Hall–Kier alpha value is -2.67. The third-order valence-electron chi connectivity index (χ3n) is 4.97. The van der Waals surface area contributed by atoms with Gasteiger partial charge in [-0.05, 0) is 12.0 Å². The molecule has 0 bridgehead atoms. The maximum Gasteiger partial charge on any atom is 0.326 e. The van der Waals surface area contributed by atoms with E-state index in [1.807, 2.05) is 41.9 Å². The van der Waals surface area contributed by atoms with Crippen LogP contribution in [0.15, 0.2) is 42.7 Å². The van der Waals surface area contributed by atoms with Crippen molar-refractivity contribution in [2.24, 2.45) is 13.0 Å². The van der Waals surface area contributed by atoms with Crippen molar-refractivity contribution in [3.63, 3.8) is 0 Å². The van der Waals surface area contributed by atoms with E-state index in [9.17, 15) is 9.59 Å². The van der Waals surface area contributed by atoms with E-state index >= 15 is 0 Å². The number of imidazole rings is 1. The molecule has 1 aliphatic heterocycles. The number of carbonyl (C=O) groups is 2. The molecule has 1 aliphatic rings. The highest BCUT2D eigenvalue weighted by molar-refractivity contribution is 5.84. The van der Waals surface area contributed by atoms with Gasteiger partial charge in [0.05, 0.1) is 26.2 Å². The van der Waals surface area contributed by atoms with Gasteiger partial charge in [-0.2, -0.15) is 0 Å². The van der Waals surface area contributed by atoms with E-state index in [0.717, 1.165) is 5.56 Å². The molecule has 0 aliphatic carbocycles. The zero-order valence-corrected chi connectivity index (χ0v) is 15.1. The van der Waals surface area contributed by atoms with Crippen LogP contribution >= 0.6 is 0 Å². The molecule has 1 aromatic carbocycles. The summed E-state index contributed by atoms with van der Waals surface area (Å²) < 4.78 is 11.9. The molecule has 0 amide bonds. The molecule has 3 rings (SSSR count). The summed E-state index contributed by atoms with van der Waals surface area (Å²) in [7, 11) is 4.57. The van der Waals surface area contributed by atoms with Crippen molar-refractivity contribution in [1.29, 1.82) is 0 Å². The Balaban J connectivity index is 2.01. The van der Waals surface area contributed by atoms with E-state index < -0.39 is 23.5 Å². The molecule has 2 aromatic rings. The van der Waals surface area contributed by atoms with E-state index in [4.69, 9.17) is 9.47 Å². The molecule has 1 fully saturated rings. The van der Waals surface area contributed by atoms with Gasteiger partial charge in [-0.25, -0.2) is 4.98 Å². The highest BCUT2D eigenvalue weighted by Gasteiger charge is 2.54. The van der Waals surface area contributed by atoms with Crippen LogP contribution in [0.2, 0.25) is 0 Å². The minimum Gasteiger partial charge on any atom is -0.469 e. The number of carbonyl (C=O) groups excluding carboxylic acids is 2. The topological polar surface area (TPSA) is 82.5 Å². The van der Waals surface area contributed by atoms with Crippen LogP contribution in [0.5, 0.6) is 0 Å². The number of methoxy groups -OCH3 is 2. The first-order valence-corrected chi connectivity index (χ1v) is 8.46. The lowest BCUT2D eigenvalue weighted by Crippen LogP contribution is -2.51. The van der Waals surface area contributed by atoms with Crippen LogP contribution in [0.1, 0.15) is 23.9 Å². The van der Waals surface area contributed by atoms with Gasteiger partial charge < -0.3 is 14.0 Å². The Morgan fingerprint density at radius 3 is 2.58 bits per heavy atom. The number of esters is 2. The Bertz CT molecular complexity index is 789. The molecular weight excluding hydrogens is 334 g/mol. The second kappa shape index (κ2) is 7.29. The fourth-order valence-electron chi connectivity index (χ4n) is 3.72. The molecule has 1 aromatic heterocycles. The van der Waals surface area contributed by atoms with Crippen LogP contribution in [0.25, 0.3) is 0 Å². The maximum absolute atomic E-state index is 12.7. The summed E-state index contributed by atoms with van der Waals surface area (Å²) in [5.74, 6) is -0.626. The average Bonchev–Trinajstić information content (AvgIpc) is 3.25. The quantitative estimate of drug-likeness (QED) is 0.815. The van der Waals surface area contributed by atoms with Crippen molar-refractivity contribution >= 4 is 11.9 Å². The second-order valence-corrected chi connectivity index (χ2v) is 6.59. The van der Waals surface area contributed by atoms with Crippen LogP contribution in [0.4, 0.5) is 0 Å². The first kappa shape index (κ1) is 18.1. The summed E-state index contributed by atoms with van der Waals surface area (Å²) in [6.07, 6.45) is 4.16. The van der Waals surface area contributed by atoms with Gasteiger partial charge >= 0.3 is 11.9 Å². The largest absolute Gasteiger partial charge is 0.469 e. The van der Waals surface area contributed by atoms with Crippen LogP contribution in [0, 0.1) is 5.92 Å². The number of nitrogens with one attached hydrogen (secondary N) is 1. The molecule has 0 unspecified atom stereocenters. The van der Waals surface area contributed by atoms with Crippen molar-refractivity contribution in [2.75, 3.05) is 14.2 Å². The maximum atomic E-state index is 12.7. The van der Waals surface area contributed by atoms with Gasteiger partial charge in [0.2, 0.25) is 0 Å². The second-order valence-electron chi connectivity index (χ2n) is 6.59. The Morgan fingerprint density at radius 2 is 2.00 bits per heavy atom. The Morgan fingerprint density at radius 1 is 1.27 bits per heavy atom. The van der Waals surface area contributed by atoms with Crippen LogP contribution in [-0.2, 0) is 32.5 Å². The minimum atomic E-state index is -1.02. The fraction of sp³-hybridized carbons (Fsp3) is 0.421. The number of rotatable bonds is 5. The summed E-state index contributed by atoms with van der Waals surface area (Å²) in [4.78, 5) is 29.5. The SMILES string of the molecule is COC(=O)[C@@H]1C[C@](Cc2ccccc2)(C(=O)OC)N[C@@H]1c1nccn1C. The Labute approximate surface area is 152 Å². The molecule has 0 saturated carbocycles. The summed E-state index contributed by atoms with van der Waals surface area (Å²) in [6, 6.07) is 9.23. The highest BCUT2D eigenvalue weighted by atomic mass is 16.5. The molecule has 0 spiro atoms. The molecule has 7 heteroatoms. The van der Waals surface area contributed by atoms with Crippen LogP contribution in [-0.4, -0.2) is 41.2 Å². The number of aryl methyl sites for hydroxylation is 1. The average molecular weight is 357 g/mol. The molecule has 7 nitrogen and oxygen atoms in total. The first-order chi connectivity index (χ1) is 12.5. The van der Waals surface area contributed by atoms with Crippen molar-refractivity contribution in [2.45, 2.75) is 24.4 Å². The smallest absolute Gasteiger partial charge is 0.326 e. The monoisotopic (exact) mass is 357 g/mol. The number of benzene rings is 1. The first-order valence-electron chi connectivity index (χ1n) is 8.46. The molecular formula is C19H23N3O4. The van der Waals surface area contributed by atoms with Gasteiger partial charge in [-0.3, -0.25) is 14.9 Å². The number of hydrogen-bond donors (Lipinski definition) is 1. The number of ether oxygens (including phenoxy) is 2. The number of aromatic nitrogens is 2. The van der Waals surface area contributed by atoms with Gasteiger partial charge in [0, 0.05) is 25.9 Å². The summed E-state index contributed by atoms with van der Waals surface area (Å²) in [6.45, 7) is 0. The van der Waals surface area contributed by atoms with Crippen molar-refractivity contribution < 1.29 is 19.1 Å². The molecule has 1 N–H and O–H groups in total. The van der Waals surface area contributed by atoms with E-state index in [0.29, 0.717) is 12.2 Å². The minimum absolute atomic E-state index is 0.277. The van der Waals surface area contributed by atoms with E-state index in [-0.39, 0.29) is 12.4 Å². The molecule has 1 saturated heterocycles. The van der Waals surface area contributed by atoms with Crippen molar-refractivity contribution in [1.82, 2.24) is 14.9 Å². The van der Waals surface area contributed by atoms with Gasteiger partial charge in [-0.1, -0.05) is 30.3 Å². The van der Waals surface area contributed by atoms with Gasteiger partial charge in [0.25, 0.3) is 0 Å². The molecule has 138 valence electrons. The lowest BCUT2D eigenvalue weighted by atomic mass is 9.85. The third-order valence-corrected chi connectivity index (χ3v) is 4.97. The highest BCUT2D eigenvalue weighted by Crippen LogP contribution is 2.40. The predicted molar refractivity (Wildman–Crippen MR) is 94.1 cm³/mol. The summed E-state index contributed by atoms with van der Waals surface area (Å²) >= 11 is 0. The van der Waals surface area contributed by atoms with E-state index in [1.54, 1.807) is 12.4 Å². The predicted octanol–water partition coefficient (Wildman–Crippen LogP) is 1.40. The van der Waals surface area contributed by atoms with Crippen molar-refractivity contribution in [3.05, 3.63) is 54.1 Å². The molecule has 2 heterocycles. The standard InChI is InChI=1S/C19H23N3O4/c1-22-10-9-20-16(22)15-14(17(23)25-2)12-19(21-15,18(24)26-3)11-13-7-5-4-6-8-13/h4-10,14-15,21H,11-12H2,1-3H3/t14-,15+,19-/m1/s1. The normalized spacial score (nSPS) is 25.0. The van der Waals surface area contributed by atoms with Gasteiger partial charge in [0.1, 0.15) is 11.4 Å². The van der Waals surface area contributed by atoms with Crippen LogP contribution in [0.3, 0.4) is 0 Å². The van der Waals surface area contributed by atoms with Crippen LogP contribution < -0.4 is 5.32 Å². The van der Waals surface area contributed by atoms with Crippen molar-refractivity contribution in [3.8, 4) is 0 Å². The van der Waals surface area contributed by atoms with E-state index in [1.165, 1.54) is 14.2 Å². The zero-order valence-electron chi connectivity index (χ0n) is 15.1. The lowest BCUT2D eigenvalue weighted by molar-refractivity contribution is -0.148.